The summed E-state index contributed by atoms with van der Waals surface area (Å²) in [5, 5.41) is 9.04. The van der Waals surface area contributed by atoms with E-state index in [2.05, 4.69) is 0 Å². The monoisotopic (exact) mass is 343 g/mol. The summed E-state index contributed by atoms with van der Waals surface area (Å²) in [4.78, 5) is 24.0. The number of aliphatic carboxylic acids is 1. The number of hydrogen-bond acceptors (Lipinski definition) is 4. The van der Waals surface area contributed by atoms with Crippen molar-refractivity contribution in [2.75, 3.05) is 0 Å². The highest BCUT2D eigenvalue weighted by Crippen LogP contribution is 2.39. The Kier molecular flexibility index (Phi) is 5.48. The maximum atomic E-state index is 12.9. The second-order valence-corrected chi connectivity index (χ2v) is 7.32. The number of ether oxygens (including phenoxy) is 1. The van der Waals surface area contributed by atoms with Crippen LogP contribution in [0.15, 0.2) is 48.6 Å². The summed E-state index contributed by atoms with van der Waals surface area (Å²) in [6, 6.07) is 9.47. The van der Waals surface area contributed by atoms with Crippen LogP contribution in [-0.4, -0.2) is 28.2 Å². The van der Waals surface area contributed by atoms with Crippen LogP contribution in [0.4, 0.5) is 0 Å². The molecule has 0 saturated heterocycles. The first-order valence-corrected chi connectivity index (χ1v) is 8.31. The van der Waals surface area contributed by atoms with Gasteiger partial charge in [-0.1, -0.05) is 48.6 Å². The Morgan fingerprint density at radius 2 is 1.88 bits per heavy atom. The summed E-state index contributed by atoms with van der Waals surface area (Å²) in [5.41, 5.74) is 6.35. The number of carboxylic acid groups (broad SMARTS) is 1. The Morgan fingerprint density at radius 1 is 1.24 bits per heavy atom. The van der Waals surface area contributed by atoms with Crippen LogP contribution in [0.1, 0.15) is 39.2 Å². The topological polar surface area (TPSA) is 89.6 Å². The van der Waals surface area contributed by atoms with Crippen molar-refractivity contribution in [2.24, 2.45) is 11.7 Å². The zero-order valence-corrected chi connectivity index (χ0v) is 14.9. The molecule has 25 heavy (non-hydrogen) atoms. The SMILES string of the molecule is CC(C)(C)OC(=O)C1C(c2ccccc2)=CC=CC1(N)CCC(=O)O. The summed E-state index contributed by atoms with van der Waals surface area (Å²) >= 11 is 0. The first kappa shape index (κ1) is 18.9. The van der Waals surface area contributed by atoms with Gasteiger partial charge in [-0.2, -0.15) is 0 Å². The second kappa shape index (κ2) is 7.23. The molecule has 5 nitrogen and oxygen atoms in total. The molecule has 0 heterocycles. The summed E-state index contributed by atoms with van der Waals surface area (Å²) < 4.78 is 5.59. The van der Waals surface area contributed by atoms with E-state index < -0.39 is 29.0 Å². The van der Waals surface area contributed by atoms with E-state index in [4.69, 9.17) is 15.6 Å². The number of nitrogens with two attached hydrogens (primary N) is 1. The predicted octanol–water partition coefficient (Wildman–Crippen LogP) is 3.16. The van der Waals surface area contributed by atoms with Crippen molar-refractivity contribution in [3.63, 3.8) is 0 Å². The molecule has 1 aromatic carbocycles. The van der Waals surface area contributed by atoms with E-state index in [9.17, 15) is 9.59 Å². The average molecular weight is 343 g/mol. The van der Waals surface area contributed by atoms with Gasteiger partial charge in [-0.05, 0) is 38.3 Å². The van der Waals surface area contributed by atoms with Crippen LogP contribution < -0.4 is 5.73 Å². The van der Waals surface area contributed by atoms with Gasteiger partial charge in [0, 0.05) is 6.42 Å². The first-order valence-electron chi connectivity index (χ1n) is 8.31. The number of carbonyl (C=O) groups is 2. The summed E-state index contributed by atoms with van der Waals surface area (Å²) in [5.74, 6) is -2.16. The Morgan fingerprint density at radius 3 is 2.44 bits per heavy atom. The largest absolute Gasteiger partial charge is 0.481 e. The predicted molar refractivity (Wildman–Crippen MR) is 96.7 cm³/mol. The maximum Gasteiger partial charge on any atom is 0.316 e. The zero-order chi connectivity index (χ0) is 18.7. The van der Waals surface area contributed by atoms with Crippen LogP contribution in [0.2, 0.25) is 0 Å². The van der Waals surface area contributed by atoms with Gasteiger partial charge in [0.25, 0.3) is 0 Å². The van der Waals surface area contributed by atoms with Crippen molar-refractivity contribution in [2.45, 2.75) is 44.8 Å². The second-order valence-electron chi connectivity index (χ2n) is 7.32. The number of allylic oxidation sites excluding steroid dienone is 2. The molecule has 2 unspecified atom stereocenters. The van der Waals surface area contributed by atoms with Crippen LogP contribution >= 0.6 is 0 Å². The van der Waals surface area contributed by atoms with Crippen molar-refractivity contribution in [3.05, 3.63) is 54.1 Å². The molecule has 0 saturated carbocycles. The minimum Gasteiger partial charge on any atom is -0.481 e. The van der Waals surface area contributed by atoms with Gasteiger partial charge in [-0.3, -0.25) is 9.59 Å². The van der Waals surface area contributed by atoms with Gasteiger partial charge in [0.15, 0.2) is 0 Å². The molecule has 0 aromatic heterocycles. The zero-order valence-electron chi connectivity index (χ0n) is 14.9. The minimum atomic E-state index is -1.11. The lowest BCUT2D eigenvalue weighted by molar-refractivity contribution is -0.159. The van der Waals surface area contributed by atoms with E-state index >= 15 is 0 Å². The Bertz CT molecular complexity index is 700. The smallest absolute Gasteiger partial charge is 0.316 e. The molecule has 2 rings (SSSR count). The molecule has 1 aliphatic rings. The number of carbonyl (C=O) groups excluding carboxylic acids is 1. The number of esters is 1. The summed E-state index contributed by atoms with van der Waals surface area (Å²) in [6.07, 6.45) is 5.35. The van der Waals surface area contributed by atoms with Gasteiger partial charge < -0.3 is 15.6 Å². The molecule has 0 aliphatic heterocycles. The molecule has 0 fully saturated rings. The summed E-state index contributed by atoms with van der Waals surface area (Å²) in [6.45, 7) is 5.39. The lowest BCUT2D eigenvalue weighted by Gasteiger charge is -2.38. The number of benzene rings is 1. The van der Waals surface area contributed by atoms with Crippen LogP contribution in [0, 0.1) is 5.92 Å². The molecule has 1 aromatic rings. The van der Waals surface area contributed by atoms with E-state index in [0.29, 0.717) is 0 Å². The molecular formula is C20H25NO4. The van der Waals surface area contributed by atoms with Crippen LogP contribution in [0.5, 0.6) is 0 Å². The minimum absolute atomic E-state index is 0.123. The quantitative estimate of drug-likeness (QED) is 0.802. The van der Waals surface area contributed by atoms with Gasteiger partial charge in [0.2, 0.25) is 0 Å². The highest BCUT2D eigenvalue weighted by atomic mass is 16.6. The van der Waals surface area contributed by atoms with E-state index in [0.717, 1.165) is 11.1 Å². The molecule has 0 spiro atoms. The Labute approximate surface area is 148 Å². The van der Waals surface area contributed by atoms with Crippen molar-refractivity contribution in [3.8, 4) is 0 Å². The van der Waals surface area contributed by atoms with Crippen LogP contribution in [0.3, 0.4) is 0 Å². The first-order chi connectivity index (χ1) is 11.6. The molecule has 1 aliphatic carbocycles. The third-order valence-electron chi connectivity index (χ3n) is 4.05. The average Bonchev–Trinajstić information content (AvgIpc) is 2.52. The molecule has 5 heteroatoms. The standard InChI is InChI=1S/C20H25NO4/c1-19(2,3)25-18(24)17-15(14-8-5-4-6-9-14)10-7-12-20(17,21)13-11-16(22)23/h4-10,12,17H,11,13,21H2,1-3H3,(H,22,23). The van der Waals surface area contributed by atoms with Gasteiger partial charge in [0.05, 0.1) is 5.54 Å². The highest BCUT2D eigenvalue weighted by Gasteiger charge is 2.44. The van der Waals surface area contributed by atoms with Crippen molar-refractivity contribution in [1.82, 2.24) is 0 Å². The third-order valence-corrected chi connectivity index (χ3v) is 4.05. The van der Waals surface area contributed by atoms with Crippen molar-refractivity contribution < 1.29 is 19.4 Å². The van der Waals surface area contributed by atoms with Gasteiger partial charge >= 0.3 is 11.9 Å². The van der Waals surface area contributed by atoms with Crippen LogP contribution in [-0.2, 0) is 14.3 Å². The fraction of sp³-hybridized carbons (Fsp3) is 0.400. The number of rotatable bonds is 5. The van der Waals surface area contributed by atoms with E-state index in [1.54, 1.807) is 32.9 Å². The highest BCUT2D eigenvalue weighted by molar-refractivity contribution is 5.92. The molecular weight excluding hydrogens is 318 g/mol. The lowest BCUT2D eigenvalue weighted by atomic mass is 9.72. The fourth-order valence-corrected chi connectivity index (χ4v) is 2.96. The summed E-state index contributed by atoms with van der Waals surface area (Å²) in [7, 11) is 0. The molecule has 134 valence electrons. The fourth-order valence-electron chi connectivity index (χ4n) is 2.96. The van der Waals surface area contributed by atoms with Gasteiger partial charge in [-0.25, -0.2) is 0 Å². The van der Waals surface area contributed by atoms with E-state index in [1.807, 2.05) is 36.4 Å². The Hall–Kier alpha value is -2.40. The maximum absolute atomic E-state index is 12.9. The Balaban J connectivity index is 2.43. The van der Waals surface area contributed by atoms with E-state index in [-0.39, 0.29) is 12.8 Å². The molecule has 0 amide bonds. The lowest BCUT2D eigenvalue weighted by Crippen LogP contribution is -2.52. The van der Waals surface area contributed by atoms with Crippen LogP contribution in [0.25, 0.3) is 5.57 Å². The van der Waals surface area contributed by atoms with Gasteiger partial charge in [-0.15, -0.1) is 0 Å². The number of carboxylic acids is 1. The number of hydrogen-bond donors (Lipinski definition) is 2. The molecule has 0 bridgehead atoms. The normalized spacial score (nSPS) is 23.0. The third kappa shape index (κ3) is 4.79. The molecule has 0 radical (unpaired) electrons. The van der Waals surface area contributed by atoms with Crippen molar-refractivity contribution >= 4 is 17.5 Å². The van der Waals surface area contributed by atoms with Crippen molar-refractivity contribution in [1.29, 1.82) is 0 Å². The molecule has 3 N–H and O–H groups in total. The van der Waals surface area contributed by atoms with Gasteiger partial charge in [0.1, 0.15) is 11.5 Å². The molecule has 2 atom stereocenters. The van der Waals surface area contributed by atoms with E-state index in [1.165, 1.54) is 0 Å².